The quantitative estimate of drug-likeness (QED) is 0.608. The topological polar surface area (TPSA) is 51.2 Å². The number of anilines is 1. The van der Waals surface area contributed by atoms with Crippen molar-refractivity contribution in [3.63, 3.8) is 0 Å². The van der Waals surface area contributed by atoms with Gasteiger partial charge in [-0.05, 0) is 38.1 Å². The molecule has 140 valence electrons. The first kappa shape index (κ1) is 18.9. The van der Waals surface area contributed by atoms with Crippen LogP contribution in [-0.4, -0.2) is 10.9 Å². The third-order valence-electron chi connectivity index (χ3n) is 3.59. The first-order valence-electron chi connectivity index (χ1n) is 7.93. The molecule has 1 heterocycles. The Kier molecular flexibility index (Phi) is 5.18. The second-order valence-corrected chi connectivity index (χ2v) is 6.98. The summed E-state index contributed by atoms with van der Waals surface area (Å²) in [4.78, 5) is 15.4. The number of aryl methyl sites for hydroxylation is 2. The zero-order valence-corrected chi connectivity index (χ0v) is 15.2. The lowest BCUT2D eigenvalue weighted by atomic mass is 10.2. The van der Waals surface area contributed by atoms with E-state index in [0.717, 1.165) is 5.56 Å². The summed E-state index contributed by atoms with van der Waals surface area (Å²) in [7, 11) is 0. The maximum Gasteiger partial charge on any atom is 0.435 e. The van der Waals surface area contributed by atoms with Gasteiger partial charge in [0.05, 0.1) is 10.7 Å². The van der Waals surface area contributed by atoms with Crippen LogP contribution in [0.25, 0.3) is 0 Å². The van der Waals surface area contributed by atoms with Crippen molar-refractivity contribution in [3.05, 3.63) is 69.7 Å². The van der Waals surface area contributed by atoms with E-state index in [0.29, 0.717) is 22.8 Å². The number of nitrogens with zero attached hydrogens (tertiary/aromatic N) is 1. The number of hydrogen-bond donors (Lipinski definition) is 1. The third kappa shape index (κ3) is 4.46. The van der Waals surface area contributed by atoms with Crippen LogP contribution >= 0.6 is 11.3 Å². The highest BCUT2D eigenvalue weighted by molar-refractivity contribution is 7.13. The van der Waals surface area contributed by atoms with E-state index in [9.17, 15) is 18.0 Å². The van der Waals surface area contributed by atoms with Crippen molar-refractivity contribution >= 4 is 22.9 Å². The van der Waals surface area contributed by atoms with Crippen LogP contribution in [0.15, 0.2) is 48.5 Å². The number of rotatable bonds is 4. The second kappa shape index (κ2) is 7.40. The van der Waals surface area contributed by atoms with E-state index in [2.05, 4.69) is 10.3 Å². The molecular formula is C19H15F3N2O2S. The van der Waals surface area contributed by atoms with Gasteiger partial charge in [-0.2, -0.15) is 13.2 Å². The van der Waals surface area contributed by atoms with Crippen LogP contribution in [0.2, 0.25) is 0 Å². The molecule has 0 saturated carbocycles. The first-order valence-corrected chi connectivity index (χ1v) is 8.75. The molecule has 0 aliphatic carbocycles. The van der Waals surface area contributed by atoms with Gasteiger partial charge in [0.1, 0.15) is 10.6 Å². The smallest absolute Gasteiger partial charge is 0.435 e. The molecule has 27 heavy (non-hydrogen) atoms. The fourth-order valence-electron chi connectivity index (χ4n) is 2.34. The summed E-state index contributed by atoms with van der Waals surface area (Å²) in [6, 6.07) is 13.8. The Labute approximate surface area is 157 Å². The molecule has 0 unspecified atom stereocenters. The molecule has 4 nitrogen and oxygen atoms in total. The lowest BCUT2D eigenvalue weighted by molar-refractivity contribution is -0.141. The normalized spacial score (nSPS) is 11.3. The monoisotopic (exact) mass is 392 g/mol. The Morgan fingerprint density at radius 3 is 2.41 bits per heavy atom. The van der Waals surface area contributed by atoms with Gasteiger partial charge in [-0.3, -0.25) is 4.79 Å². The van der Waals surface area contributed by atoms with Gasteiger partial charge in [0.15, 0.2) is 11.4 Å². The number of para-hydroxylation sites is 2. The number of nitrogens with one attached hydrogen (secondary N) is 1. The van der Waals surface area contributed by atoms with Crippen molar-refractivity contribution in [2.24, 2.45) is 0 Å². The molecule has 1 N–H and O–H groups in total. The van der Waals surface area contributed by atoms with Crippen LogP contribution in [0.3, 0.4) is 0 Å². The lowest BCUT2D eigenvalue weighted by Gasteiger charge is -2.12. The number of aromatic nitrogens is 1. The minimum Gasteiger partial charge on any atom is -0.455 e. The van der Waals surface area contributed by atoms with Crippen molar-refractivity contribution in [3.8, 4) is 11.5 Å². The van der Waals surface area contributed by atoms with Gasteiger partial charge < -0.3 is 10.1 Å². The summed E-state index contributed by atoms with van der Waals surface area (Å²) in [6.07, 6.45) is -4.70. The van der Waals surface area contributed by atoms with Gasteiger partial charge >= 0.3 is 6.18 Å². The van der Waals surface area contributed by atoms with E-state index in [1.54, 1.807) is 36.4 Å². The van der Waals surface area contributed by atoms with Crippen molar-refractivity contribution in [2.45, 2.75) is 20.0 Å². The first-order chi connectivity index (χ1) is 12.7. The van der Waals surface area contributed by atoms with Crippen LogP contribution in [0.4, 0.5) is 18.9 Å². The van der Waals surface area contributed by atoms with Crippen molar-refractivity contribution in [1.29, 1.82) is 0 Å². The third-order valence-corrected chi connectivity index (χ3v) is 4.56. The zero-order chi connectivity index (χ0) is 19.6. The van der Waals surface area contributed by atoms with Crippen molar-refractivity contribution in [1.82, 2.24) is 4.98 Å². The molecule has 1 amide bonds. The molecule has 0 spiro atoms. The highest BCUT2D eigenvalue weighted by Crippen LogP contribution is 2.35. The highest BCUT2D eigenvalue weighted by atomic mass is 32.1. The van der Waals surface area contributed by atoms with Crippen LogP contribution < -0.4 is 10.1 Å². The zero-order valence-electron chi connectivity index (χ0n) is 14.4. The number of halogens is 3. The van der Waals surface area contributed by atoms with E-state index < -0.39 is 22.7 Å². The predicted molar refractivity (Wildman–Crippen MR) is 97.5 cm³/mol. The molecule has 0 fully saturated rings. The van der Waals surface area contributed by atoms with Crippen LogP contribution in [-0.2, 0) is 6.18 Å². The van der Waals surface area contributed by atoms with E-state index in [4.69, 9.17) is 4.74 Å². The van der Waals surface area contributed by atoms with E-state index in [1.165, 1.54) is 6.92 Å². The number of thiazole rings is 1. The largest absolute Gasteiger partial charge is 0.455 e. The Hall–Kier alpha value is -2.87. The minimum absolute atomic E-state index is 0.164. The van der Waals surface area contributed by atoms with Gasteiger partial charge in [0.2, 0.25) is 0 Å². The number of benzene rings is 2. The number of hydrogen-bond acceptors (Lipinski definition) is 4. The Balaban J connectivity index is 1.86. The molecule has 1 aromatic heterocycles. The van der Waals surface area contributed by atoms with Crippen molar-refractivity contribution in [2.75, 3.05) is 5.32 Å². The van der Waals surface area contributed by atoms with Gasteiger partial charge in [-0.25, -0.2) is 4.98 Å². The Morgan fingerprint density at radius 2 is 1.74 bits per heavy atom. The summed E-state index contributed by atoms with van der Waals surface area (Å²) in [5.41, 5.74) is 0.144. The van der Waals surface area contributed by atoms with E-state index in [1.807, 2.05) is 19.1 Å². The van der Waals surface area contributed by atoms with Crippen LogP contribution in [0.1, 0.15) is 25.9 Å². The molecule has 3 rings (SSSR count). The molecule has 0 aliphatic heterocycles. The molecular weight excluding hydrogens is 377 g/mol. The molecule has 2 aromatic carbocycles. The summed E-state index contributed by atoms with van der Waals surface area (Å²) >= 11 is 0.696. The minimum atomic E-state index is -4.70. The maximum atomic E-state index is 13.1. The summed E-state index contributed by atoms with van der Waals surface area (Å²) in [5, 5.41) is 2.65. The number of ether oxygens (including phenoxy) is 1. The maximum absolute atomic E-state index is 13.1. The molecule has 0 bridgehead atoms. The fourth-order valence-corrected chi connectivity index (χ4v) is 3.18. The second-order valence-electron chi connectivity index (χ2n) is 5.77. The standard InChI is InChI=1S/C19H15F3N2O2S/c1-11-7-9-13(10-8-11)26-15-6-4-3-5-14(15)24-18(25)16-17(19(20,21)22)23-12(2)27-16/h3-10H,1-2H3,(H,24,25). The fraction of sp³-hybridized carbons (Fsp3) is 0.158. The molecule has 0 radical (unpaired) electrons. The van der Waals surface area contributed by atoms with Gasteiger partial charge in [-0.15, -0.1) is 11.3 Å². The SMILES string of the molecule is Cc1ccc(Oc2ccccc2NC(=O)c2sc(C)nc2C(F)(F)F)cc1. The average Bonchev–Trinajstić information content (AvgIpc) is 3.01. The lowest BCUT2D eigenvalue weighted by Crippen LogP contribution is -2.17. The molecule has 0 saturated heterocycles. The van der Waals surface area contributed by atoms with E-state index in [-0.39, 0.29) is 10.7 Å². The van der Waals surface area contributed by atoms with E-state index >= 15 is 0 Å². The van der Waals surface area contributed by atoms with Gasteiger partial charge in [0.25, 0.3) is 5.91 Å². The number of alkyl halides is 3. The number of amides is 1. The predicted octanol–water partition coefficient (Wildman–Crippen LogP) is 5.82. The number of carbonyl (C=O) groups excluding carboxylic acids is 1. The summed E-state index contributed by atoms with van der Waals surface area (Å²) in [5.74, 6) is -0.00991. The van der Waals surface area contributed by atoms with Gasteiger partial charge in [0, 0.05) is 0 Å². The molecule has 0 atom stereocenters. The highest BCUT2D eigenvalue weighted by Gasteiger charge is 2.39. The number of carbonyl (C=O) groups is 1. The van der Waals surface area contributed by atoms with Crippen LogP contribution in [0.5, 0.6) is 11.5 Å². The molecule has 8 heteroatoms. The Bertz CT molecular complexity index is 966. The van der Waals surface area contributed by atoms with Crippen molar-refractivity contribution < 1.29 is 22.7 Å². The van der Waals surface area contributed by atoms with Crippen LogP contribution in [0, 0.1) is 13.8 Å². The molecule has 3 aromatic rings. The Morgan fingerprint density at radius 1 is 1.07 bits per heavy atom. The summed E-state index contributed by atoms with van der Waals surface area (Å²) in [6.45, 7) is 3.36. The van der Waals surface area contributed by atoms with Gasteiger partial charge in [-0.1, -0.05) is 29.8 Å². The average molecular weight is 392 g/mol. The molecule has 0 aliphatic rings. The summed E-state index contributed by atoms with van der Waals surface area (Å²) < 4.78 is 45.1.